The zero-order valence-electron chi connectivity index (χ0n) is 19.5. The minimum Gasteiger partial charge on any atom is -0.360 e. The van der Waals surface area contributed by atoms with Gasteiger partial charge in [0.25, 0.3) is 0 Å². The quantitative estimate of drug-likeness (QED) is 0.620. The summed E-state index contributed by atoms with van der Waals surface area (Å²) in [5.41, 5.74) is -0.185. The average molecular weight is 477 g/mol. The van der Waals surface area contributed by atoms with Crippen LogP contribution in [-0.4, -0.2) is 52.1 Å². The zero-order chi connectivity index (χ0) is 24.2. The van der Waals surface area contributed by atoms with E-state index in [4.69, 9.17) is 9.26 Å². The molecule has 1 aromatic heterocycles. The van der Waals surface area contributed by atoms with Crippen molar-refractivity contribution in [1.29, 1.82) is 0 Å². The number of anilines is 1. The lowest BCUT2D eigenvalue weighted by Gasteiger charge is -2.30. The van der Waals surface area contributed by atoms with Crippen molar-refractivity contribution in [3.63, 3.8) is 0 Å². The van der Waals surface area contributed by atoms with E-state index in [1.807, 2.05) is 42.5 Å². The Bertz CT molecular complexity index is 1190. The highest BCUT2D eigenvalue weighted by Gasteiger charge is 2.68. The maximum atomic E-state index is 13.9. The maximum Gasteiger partial charge on any atom is 0.247 e. The second-order valence-electron chi connectivity index (χ2n) is 9.98. The first-order valence-corrected chi connectivity index (χ1v) is 12.2. The Hall–Kier alpha value is -3.46. The lowest BCUT2D eigenvalue weighted by atomic mass is 9.77. The second-order valence-corrected chi connectivity index (χ2v) is 9.98. The van der Waals surface area contributed by atoms with Crippen LogP contribution in [0.15, 0.2) is 53.1 Å². The fourth-order valence-corrected chi connectivity index (χ4v) is 6.14. The van der Waals surface area contributed by atoms with Gasteiger partial charge >= 0.3 is 0 Å². The van der Waals surface area contributed by atoms with Crippen molar-refractivity contribution in [3.8, 4) is 0 Å². The standard InChI is InChI=1S/C26H28N4O5/c1-15-13-19(29-35-15)28-23(31)20-18-11-12-26(34-18)14-30(25(33)21(20)26)22(16-7-3-2-4-8-16)24(32)27-17-9-5-6-10-17/h2-4,7-8,11-13,17-18,20-22H,5-6,9-10,14H2,1H3,(H,27,32)(H,28,29,31). The highest BCUT2D eigenvalue weighted by molar-refractivity contribution is 6.00. The minimum absolute atomic E-state index is 0.125. The number of likely N-dealkylation sites (tertiary alicyclic amines) is 1. The van der Waals surface area contributed by atoms with Crippen LogP contribution in [0.3, 0.4) is 0 Å². The molecule has 3 fully saturated rings. The number of amides is 3. The van der Waals surface area contributed by atoms with Gasteiger partial charge in [-0.3, -0.25) is 14.4 Å². The van der Waals surface area contributed by atoms with Crippen molar-refractivity contribution in [2.24, 2.45) is 11.8 Å². The molecule has 6 rings (SSSR count). The predicted octanol–water partition coefficient (Wildman–Crippen LogP) is 2.50. The van der Waals surface area contributed by atoms with Gasteiger partial charge in [0, 0.05) is 12.1 Å². The van der Waals surface area contributed by atoms with Gasteiger partial charge in [0.1, 0.15) is 17.4 Å². The second kappa shape index (κ2) is 8.34. The summed E-state index contributed by atoms with van der Waals surface area (Å²) in [5.74, 6) is -1.34. The Morgan fingerprint density at radius 1 is 1.20 bits per heavy atom. The number of aromatic nitrogens is 1. The number of carbonyl (C=O) groups is 3. The smallest absolute Gasteiger partial charge is 0.247 e. The average Bonchev–Trinajstić information content (AvgIpc) is 3.66. The van der Waals surface area contributed by atoms with Crippen LogP contribution >= 0.6 is 0 Å². The summed E-state index contributed by atoms with van der Waals surface area (Å²) in [6, 6.07) is 10.3. The summed E-state index contributed by atoms with van der Waals surface area (Å²) in [5, 5.41) is 9.75. The van der Waals surface area contributed by atoms with Crippen LogP contribution in [0.4, 0.5) is 5.82 Å². The van der Waals surface area contributed by atoms with Gasteiger partial charge in [0.15, 0.2) is 5.82 Å². The molecule has 2 N–H and O–H groups in total. The molecule has 3 aliphatic heterocycles. The van der Waals surface area contributed by atoms with Crippen LogP contribution in [0.1, 0.15) is 43.0 Å². The van der Waals surface area contributed by atoms with E-state index in [9.17, 15) is 14.4 Å². The maximum absolute atomic E-state index is 13.9. The van der Waals surface area contributed by atoms with E-state index < -0.39 is 29.6 Å². The number of rotatable bonds is 6. The van der Waals surface area contributed by atoms with Crippen molar-refractivity contribution in [2.45, 2.75) is 56.4 Å². The van der Waals surface area contributed by atoms with E-state index in [1.165, 1.54) is 0 Å². The molecule has 9 heteroatoms. The number of nitrogens with one attached hydrogen (secondary N) is 2. The molecular weight excluding hydrogens is 448 g/mol. The minimum atomic E-state index is -0.926. The Balaban J connectivity index is 1.29. The molecule has 2 aromatic rings. The zero-order valence-corrected chi connectivity index (χ0v) is 19.5. The van der Waals surface area contributed by atoms with Gasteiger partial charge in [-0.15, -0.1) is 0 Å². The normalized spacial score (nSPS) is 30.0. The molecule has 1 saturated carbocycles. The number of fused-ring (bicyclic) bond motifs is 1. The number of carbonyl (C=O) groups excluding carboxylic acids is 3. The van der Waals surface area contributed by atoms with Crippen molar-refractivity contribution < 1.29 is 23.6 Å². The molecular formula is C26H28N4O5. The molecule has 5 unspecified atom stereocenters. The van der Waals surface area contributed by atoms with Crippen molar-refractivity contribution >= 4 is 23.5 Å². The van der Waals surface area contributed by atoms with E-state index >= 15 is 0 Å². The van der Waals surface area contributed by atoms with Crippen LogP contribution < -0.4 is 10.6 Å². The topological polar surface area (TPSA) is 114 Å². The van der Waals surface area contributed by atoms with Crippen LogP contribution in [0.5, 0.6) is 0 Å². The molecule has 1 aromatic carbocycles. The first kappa shape index (κ1) is 22.0. The third-order valence-electron chi connectivity index (χ3n) is 7.69. The Labute approximate surface area is 202 Å². The van der Waals surface area contributed by atoms with Gasteiger partial charge in [0.05, 0.1) is 24.5 Å². The summed E-state index contributed by atoms with van der Waals surface area (Å²) in [6.07, 6.45) is 7.33. The first-order valence-electron chi connectivity index (χ1n) is 12.2. The van der Waals surface area contributed by atoms with E-state index in [0.29, 0.717) is 11.6 Å². The molecule has 5 atom stereocenters. The third-order valence-corrected chi connectivity index (χ3v) is 7.69. The predicted molar refractivity (Wildman–Crippen MR) is 125 cm³/mol. The molecule has 9 nitrogen and oxygen atoms in total. The van der Waals surface area contributed by atoms with Gasteiger partial charge < -0.3 is 24.8 Å². The number of benzene rings is 1. The Kier molecular flexibility index (Phi) is 5.25. The molecule has 182 valence electrons. The van der Waals surface area contributed by atoms with E-state index in [-0.39, 0.29) is 30.3 Å². The van der Waals surface area contributed by atoms with Gasteiger partial charge in [-0.1, -0.05) is 60.5 Å². The van der Waals surface area contributed by atoms with Gasteiger partial charge in [0.2, 0.25) is 17.7 Å². The molecule has 0 radical (unpaired) electrons. The lowest BCUT2D eigenvalue weighted by Crippen LogP contribution is -2.46. The summed E-state index contributed by atoms with van der Waals surface area (Å²) in [6.45, 7) is 1.95. The molecule has 35 heavy (non-hydrogen) atoms. The highest BCUT2D eigenvalue weighted by atomic mass is 16.5. The Morgan fingerprint density at radius 3 is 2.69 bits per heavy atom. The van der Waals surface area contributed by atoms with E-state index in [1.54, 1.807) is 17.9 Å². The number of aryl methyl sites for hydroxylation is 1. The summed E-state index contributed by atoms with van der Waals surface area (Å²) in [4.78, 5) is 42.3. The van der Waals surface area contributed by atoms with Crippen molar-refractivity contribution in [3.05, 3.63) is 59.9 Å². The summed E-state index contributed by atoms with van der Waals surface area (Å²) < 4.78 is 11.3. The van der Waals surface area contributed by atoms with E-state index in [2.05, 4.69) is 15.8 Å². The van der Waals surface area contributed by atoms with Crippen molar-refractivity contribution in [1.82, 2.24) is 15.4 Å². The van der Waals surface area contributed by atoms with Crippen LogP contribution in [0.2, 0.25) is 0 Å². The molecule has 2 saturated heterocycles. The molecule has 2 bridgehead atoms. The fraction of sp³-hybridized carbons (Fsp3) is 0.462. The largest absolute Gasteiger partial charge is 0.360 e. The van der Waals surface area contributed by atoms with Crippen LogP contribution in [0.25, 0.3) is 0 Å². The number of hydrogen-bond donors (Lipinski definition) is 2. The number of nitrogens with zero attached hydrogens (tertiary/aromatic N) is 2. The van der Waals surface area contributed by atoms with Crippen molar-refractivity contribution in [2.75, 3.05) is 11.9 Å². The lowest BCUT2D eigenvalue weighted by molar-refractivity contribution is -0.142. The molecule has 4 heterocycles. The molecule has 1 aliphatic carbocycles. The third kappa shape index (κ3) is 3.65. The monoisotopic (exact) mass is 476 g/mol. The summed E-state index contributed by atoms with van der Waals surface area (Å²) in [7, 11) is 0. The first-order chi connectivity index (χ1) is 16.9. The summed E-state index contributed by atoms with van der Waals surface area (Å²) >= 11 is 0. The fourth-order valence-electron chi connectivity index (χ4n) is 6.14. The van der Waals surface area contributed by atoms with Gasteiger partial charge in [-0.25, -0.2) is 0 Å². The number of hydrogen-bond acceptors (Lipinski definition) is 6. The number of ether oxygens (including phenoxy) is 1. The molecule has 3 amide bonds. The SMILES string of the molecule is Cc1cc(NC(=O)C2C3C=CC4(CN(C(C(=O)NC5CCCC5)c5ccccc5)C(=O)C24)O3)no1. The highest BCUT2D eigenvalue weighted by Crippen LogP contribution is 2.53. The van der Waals surface area contributed by atoms with Gasteiger partial charge in [-0.05, 0) is 25.3 Å². The Morgan fingerprint density at radius 2 is 1.97 bits per heavy atom. The van der Waals surface area contributed by atoms with E-state index in [0.717, 1.165) is 31.2 Å². The molecule has 4 aliphatic rings. The molecule has 1 spiro atoms. The van der Waals surface area contributed by atoms with Crippen LogP contribution in [0, 0.1) is 18.8 Å². The van der Waals surface area contributed by atoms with Crippen LogP contribution in [-0.2, 0) is 19.1 Å². The van der Waals surface area contributed by atoms with Gasteiger partial charge in [-0.2, -0.15) is 0 Å².